The molecule has 0 aliphatic rings. The number of hydrogen-bond acceptors (Lipinski definition) is 5. The van der Waals surface area contributed by atoms with Crippen LogP contribution in [-0.4, -0.2) is 39.8 Å². The summed E-state index contributed by atoms with van der Waals surface area (Å²) in [5.74, 6) is 0.621. The van der Waals surface area contributed by atoms with Crippen LogP contribution in [0.15, 0.2) is 23.6 Å². The third kappa shape index (κ3) is 3.35. The van der Waals surface area contributed by atoms with E-state index < -0.39 is 0 Å². The summed E-state index contributed by atoms with van der Waals surface area (Å²) in [6.07, 6.45) is 3.07. The van der Waals surface area contributed by atoms with Crippen LogP contribution in [0.2, 0.25) is 0 Å². The van der Waals surface area contributed by atoms with Crippen molar-refractivity contribution in [3.8, 4) is 0 Å². The maximum atomic E-state index is 8.75. The molecule has 0 bridgehead atoms. The molecule has 0 radical (unpaired) electrons. The summed E-state index contributed by atoms with van der Waals surface area (Å²) in [4.78, 5) is 5.86. The van der Waals surface area contributed by atoms with Gasteiger partial charge in [0, 0.05) is 13.1 Å². The average Bonchev–Trinajstić information content (AvgIpc) is 2.58. The van der Waals surface area contributed by atoms with Gasteiger partial charge in [-0.05, 0) is 0 Å². The summed E-state index contributed by atoms with van der Waals surface area (Å²) in [6.45, 7) is 5.60. The second-order valence-corrected chi connectivity index (χ2v) is 2.59. The molecule has 0 spiro atoms. The quantitative estimate of drug-likeness (QED) is 0.631. The summed E-state index contributed by atoms with van der Waals surface area (Å²) >= 11 is 0. The van der Waals surface area contributed by atoms with Crippen molar-refractivity contribution >= 4 is 0 Å². The van der Waals surface area contributed by atoms with Crippen molar-refractivity contribution in [1.82, 2.24) is 15.0 Å². The van der Waals surface area contributed by atoms with Crippen molar-refractivity contribution in [2.75, 3.05) is 19.7 Å². The maximum absolute atomic E-state index is 8.75. The minimum Gasteiger partial charge on any atom is -0.395 e. The number of aromatic nitrogens is 2. The summed E-state index contributed by atoms with van der Waals surface area (Å²) < 4.78 is 4.60. The zero-order valence-electron chi connectivity index (χ0n) is 7.39. The van der Waals surface area contributed by atoms with E-state index >= 15 is 0 Å². The lowest BCUT2D eigenvalue weighted by Gasteiger charge is -2.16. The van der Waals surface area contributed by atoms with Gasteiger partial charge in [0.25, 0.3) is 0 Å². The Morgan fingerprint density at radius 3 is 3.08 bits per heavy atom. The third-order valence-electron chi connectivity index (χ3n) is 1.58. The highest BCUT2D eigenvalue weighted by Gasteiger charge is 2.06. The Bertz CT molecular complexity index is 236. The van der Waals surface area contributed by atoms with E-state index in [9.17, 15) is 0 Å². The van der Waals surface area contributed by atoms with Crippen LogP contribution in [0.1, 0.15) is 5.82 Å². The lowest BCUT2D eigenvalue weighted by molar-refractivity contribution is 0.199. The fraction of sp³-hybridized carbons (Fsp3) is 0.500. The molecule has 0 aliphatic carbocycles. The Balaban J connectivity index is 2.42. The van der Waals surface area contributed by atoms with Crippen molar-refractivity contribution in [2.45, 2.75) is 6.54 Å². The first-order valence-corrected chi connectivity index (χ1v) is 4.06. The van der Waals surface area contributed by atoms with E-state index in [1.807, 2.05) is 4.90 Å². The van der Waals surface area contributed by atoms with E-state index in [4.69, 9.17) is 5.11 Å². The standard InChI is InChI=1S/C8H13N3O2/c1-2-3-11(4-5-12)6-8-9-7-13-10-8/h2,7,12H,1,3-6H2. The van der Waals surface area contributed by atoms with Crippen molar-refractivity contribution in [1.29, 1.82) is 0 Å². The first kappa shape index (κ1) is 9.88. The van der Waals surface area contributed by atoms with E-state index in [1.165, 1.54) is 6.39 Å². The van der Waals surface area contributed by atoms with Gasteiger partial charge < -0.3 is 9.63 Å². The van der Waals surface area contributed by atoms with Crippen molar-refractivity contribution in [3.63, 3.8) is 0 Å². The first-order valence-electron chi connectivity index (χ1n) is 4.06. The molecule has 1 N–H and O–H groups in total. The zero-order valence-corrected chi connectivity index (χ0v) is 7.39. The molecule has 0 amide bonds. The lowest BCUT2D eigenvalue weighted by atomic mass is 10.4. The molecular weight excluding hydrogens is 170 g/mol. The highest BCUT2D eigenvalue weighted by Crippen LogP contribution is 1.97. The number of nitrogens with zero attached hydrogens (tertiary/aromatic N) is 3. The second-order valence-electron chi connectivity index (χ2n) is 2.59. The van der Waals surface area contributed by atoms with Crippen LogP contribution < -0.4 is 0 Å². The van der Waals surface area contributed by atoms with Gasteiger partial charge in [0.05, 0.1) is 13.2 Å². The van der Waals surface area contributed by atoms with Crippen molar-refractivity contribution in [3.05, 3.63) is 24.9 Å². The summed E-state index contributed by atoms with van der Waals surface area (Å²) in [7, 11) is 0. The van der Waals surface area contributed by atoms with Gasteiger partial charge in [-0.25, -0.2) is 0 Å². The summed E-state index contributed by atoms with van der Waals surface area (Å²) in [5.41, 5.74) is 0. The molecule has 0 fully saturated rings. The topological polar surface area (TPSA) is 62.4 Å². The molecule has 0 saturated carbocycles. The minimum absolute atomic E-state index is 0.117. The molecule has 0 saturated heterocycles. The fourth-order valence-electron chi connectivity index (χ4n) is 1.02. The van der Waals surface area contributed by atoms with Crippen molar-refractivity contribution < 1.29 is 9.63 Å². The highest BCUT2D eigenvalue weighted by molar-refractivity contribution is 4.81. The molecule has 5 nitrogen and oxygen atoms in total. The summed E-state index contributed by atoms with van der Waals surface area (Å²) in [5, 5.41) is 12.4. The Kier molecular flexibility index (Phi) is 4.14. The van der Waals surface area contributed by atoms with Gasteiger partial charge in [0.1, 0.15) is 0 Å². The second kappa shape index (κ2) is 5.45. The SMILES string of the molecule is C=CCN(CCO)Cc1ncon1. The first-order chi connectivity index (χ1) is 6.36. The molecule has 0 atom stereocenters. The molecule has 1 heterocycles. The van der Waals surface area contributed by atoms with Crippen LogP contribution in [0.3, 0.4) is 0 Å². The van der Waals surface area contributed by atoms with Gasteiger partial charge in [0.15, 0.2) is 5.82 Å². The minimum atomic E-state index is 0.117. The fourth-order valence-corrected chi connectivity index (χ4v) is 1.02. The molecule has 0 aromatic carbocycles. The van der Waals surface area contributed by atoms with E-state index in [1.54, 1.807) is 6.08 Å². The molecule has 0 aliphatic heterocycles. The highest BCUT2D eigenvalue weighted by atomic mass is 16.5. The molecule has 13 heavy (non-hydrogen) atoms. The van der Waals surface area contributed by atoms with Gasteiger partial charge in [-0.1, -0.05) is 11.2 Å². The predicted octanol–water partition coefficient (Wildman–Crippen LogP) is 0.0499. The number of aliphatic hydroxyl groups is 1. The van der Waals surface area contributed by atoms with E-state index in [0.717, 1.165) is 0 Å². The van der Waals surface area contributed by atoms with Crippen LogP contribution in [-0.2, 0) is 6.54 Å². The molecular formula is C8H13N3O2. The monoisotopic (exact) mass is 183 g/mol. The normalized spacial score (nSPS) is 10.6. The van der Waals surface area contributed by atoms with Crippen LogP contribution in [0, 0.1) is 0 Å². The van der Waals surface area contributed by atoms with E-state index in [0.29, 0.717) is 25.5 Å². The van der Waals surface area contributed by atoms with Crippen LogP contribution in [0.25, 0.3) is 0 Å². The van der Waals surface area contributed by atoms with Gasteiger partial charge in [-0.15, -0.1) is 6.58 Å². The maximum Gasteiger partial charge on any atom is 0.213 e. The van der Waals surface area contributed by atoms with Gasteiger partial charge >= 0.3 is 0 Å². The smallest absolute Gasteiger partial charge is 0.213 e. The van der Waals surface area contributed by atoms with E-state index in [2.05, 4.69) is 21.2 Å². The van der Waals surface area contributed by atoms with Crippen LogP contribution in [0.5, 0.6) is 0 Å². The van der Waals surface area contributed by atoms with Crippen LogP contribution in [0.4, 0.5) is 0 Å². The average molecular weight is 183 g/mol. The Morgan fingerprint density at radius 2 is 2.54 bits per heavy atom. The molecule has 1 aromatic heterocycles. The Hall–Kier alpha value is -1.20. The van der Waals surface area contributed by atoms with Crippen LogP contribution >= 0.6 is 0 Å². The molecule has 1 aromatic rings. The predicted molar refractivity (Wildman–Crippen MR) is 46.9 cm³/mol. The number of rotatable bonds is 6. The Morgan fingerprint density at radius 1 is 1.69 bits per heavy atom. The van der Waals surface area contributed by atoms with E-state index in [-0.39, 0.29) is 6.61 Å². The third-order valence-corrected chi connectivity index (χ3v) is 1.58. The molecule has 0 unspecified atom stereocenters. The van der Waals surface area contributed by atoms with Gasteiger partial charge in [-0.2, -0.15) is 4.98 Å². The Labute approximate surface area is 76.7 Å². The molecule has 1 rings (SSSR count). The molecule has 72 valence electrons. The molecule has 5 heteroatoms. The number of hydrogen-bond donors (Lipinski definition) is 1. The largest absolute Gasteiger partial charge is 0.395 e. The lowest BCUT2D eigenvalue weighted by Crippen LogP contribution is -2.27. The van der Waals surface area contributed by atoms with Gasteiger partial charge in [-0.3, -0.25) is 4.90 Å². The van der Waals surface area contributed by atoms with Gasteiger partial charge in [0.2, 0.25) is 6.39 Å². The number of aliphatic hydroxyl groups excluding tert-OH is 1. The van der Waals surface area contributed by atoms with Crippen molar-refractivity contribution in [2.24, 2.45) is 0 Å². The summed E-state index contributed by atoms with van der Waals surface area (Å²) in [6, 6.07) is 0. The zero-order chi connectivity index (χ0) is 9.52.